The first kappa shape index (κ1) is 24.6. The van der Waals surface area contributed by atoms with Crippen LogP contribution in [0.4, 0.5) is 17.2 Å². The molecule has 2 amide bonds. The Labute approximate surface area is 205 Å². The van der Waals surface area contributed by atoms with Gasteiger partial charge < -0.3 is 15.1 Å². The number of piperazine rings is 1. The highest BCUT2D eigenvalue weighted by atomic mass is 16.6. The van der Waals surface area contributed by atoms with Crippen LogP contribution in [-0.4, -0.2) is 76.8 Å². The molecule has 1 aromatic carbocycles. The van der Waals surface area contributed by atoms with E-state index >= 15 is 0 Å². The molecular weight excluding hydrogens is 448 g/mol. The fraction of sp³-hybridized carbons (Fsp3) is 0.480. The summed E-state index contributed by atoms with van der Waals surface area (Å²) < 4.78 is 0. The fourth-order valence-corrected chi connectivity index (χ4v) is 4.33. The van der Waals surface area contributed by atoms with E-state index < -0.39 is 4.92 Å². The normalized spacial score (nSPS) is 15.9. The van der Waals surface area contributed by atoms with Crippen LogP contribution in [0.5, 0.6) is 0 Å². The molecule has 2 fully saturated rings. The zero-order valence-electron chi connectivity index (χ0n) is 20.3. The van der Waals surface area contributed by atoms with Crippen LogP contribution in [0.2, 0.25) is 0 Å². The fourth-order valence-electron chi connectivity index (χ4n) is 4.33. The SMILES string of the molecule is Cc1ccc(C)c(NC(=O)CN(CCC(=O)N2CCN(c3ccc([N+](=O)[O-])cn3)CC2)C2CC2)c1. The Morgan fingerprint density at radius 2 is 1.89 bits per heavy atom. The Morgan fingerprint density at radius 3 is 2.51 bits per heavy atom. The number of hydrogen-bond acceptors (Lipinski definition) is 7. The Bertz CT molecular complexity index is 1080. The molecule has 1 aliphatic heterocycles. The van der Waals surface area contributed by atoms with Crippen molar-refractivity contribution in [3.63, 3.8) is 0 Å². The van der Waals surface area contributed by atoms with Crippen LogP contribution in [0.1, 0.15) is 30.4 Å². The summed E-state index contributed by atoms with van der Waals surface area (Å²) in [7, 11) is 0. The van der Waals surface area contributed by atoms with Crippen molar-refractivity contribution in [3.8, 4) is 0 Å². The molecule has 2 aliphatic rings. The van der Waals surface area contributed by atoms with Crippen molar-refractivity contribution in [2.24, 2.45) is 0 Å². The molecule has 10 heteroatoms. The number of amides is 2. The minimum Gasteiger partial charge on any atom is -0.353 e. The van der Waals surface area contributed by atoms with Gasteiger partial charge in [0.15, 0.2) is 0 Å². The number of benzene rings is 1. The number of rotatable bonds is 9. The van der Waals surface area contributed by atoms with Crippen LogP contribution in [0, 0.1) is 24.0 Å². The predicted molar refractivity (Wildman–Crippen MR) is 133 cm³/mol. The third-order valence-electron chi connectivity index (χ3n) is 6.59. The lowest BCUT2D eigenvalue weighted by Crippen LogP contribution is -2.49. The van der Waals surface area contributed by atoms with Gasteiger partial charge in [-0.1, -0.05) is 12.1 Å². The number of nitrogens with one attached hydrogen (secondary N) is 1. The van der Waals surface area contributed by atoms with Crippen LogP contribution >= 0.6 is 0 Å². The first-order valence-electron chi connectivity index (χ1n) is 12.0. The lowest BCUT2D eigenvalue weighted by Gasteiger charge is -2.35. The topological polar surface area (TPSA) is 112 Å². The number of nitro groups is 1. The standard InChI is InChI=1S/C25H32N6O4/c1-18-3-4-19(2)22(15-18)27-24(32)17-30(20-5-6-20)10-9-25(33)29-13-11-28(12-14-29)23-8-7-21(16-26-23)31(34)35/h3-4,7-8,15-16,20H,5-6,9-14,17H2,1-2H3,(H,27,32). The average molecular weight is 481 g/mol. The monoisotopic (exact) mass is 480 g/mol. The number of aromatic nitrogens is 1. The van der Waals surface area contributed by atoms with E-state index in [0.29, 0.717) is 51.0 Å². The minimum absolute atomic E-state index is 0.0366. The molecule has 2 heterocycles. The van der Waals surface area contributed by atoms with Gasteiger partial charge in [-0.15, -0.1) is 0 Å². The Hall–Kier alpha value is -3.53. The van der Waals surface area contributed by atoms with E-state index in [-0.39, 0.29) is 24.0 Å². The maximum Gasteiger partial charge on any atom is 0.287 e. The number of anilines is 2. The van der Waals surface area contributed by atoms with Crippen LogP contribution in [-0.2, 0) is 9.59 Å². The summed E-state index contributed by atoms with van der Waals surface area (Å²) in [4.78, 5) is 46.1. The summed E-state index contributed by atoms with van der Waals surface area (Å²) in [6.45, 7) is 7.23. The number of nitrogens with zero attached hydrogens (tertiary/aromatic N) is 5. The van der Waals surface area contributed by atoms with E-state index in [9.17, 15) is 19.7 Å². The lowest BCUT2D eigenvalue weighted by atomic mass is 10.1. The Balaban J connectivity index is 1.24. The highest BCUT2D eigenvalue weighted by molar-refractivity contribution is 5.93. The summed E-state index contributed by atoms with van der Waals surface area (Å²) in [5.74, 6) is 0.710. The van der Waals surface area contributed by atoms with Gasteiger partial charge >= 0.3 is 0 Å². The third-order valence-corrected chi connectivity index (χ3v) is 6.59. The van der Waals surface area contributed by atoms with Gasteiger partial charge in [0.2, 0.25) is 11.8 Å². The van der Waals surface area contributed by atoms with Crippen LogP contribution in [0.25, 0.3) is 0 Å². The van der Waals surface area contributed by atoms with Gasteiger partial charge in [-0.2, -0.15) is 0 Å². The molecule has 1 N–H and O–H groups in total. The van der Waals surface area contributed by atoms with Gasteiger partial charge in [-0.05, 0) is 49.9 Å². The number of hydrogen-bond donors (Lipinski definition) is 1. The van der Waals surface area contributed by atoms with Crippen molar-refractivity contribution in [1.29, 1.82) is 0 Å². The molecule has 0 spiro atoms. The largest absolute Gasteiger partial charge is 0.353 e. The van der Waals surface area contributed by atoms with Gasteiger partial charge in [0.1, 0.15) is 12.0 Å². The molecule has 0 radical (unpaired) electrons. The molecule has 10 nitrogen and oxygen atoms in total. The van der Waals surface area contributed by atoms with Gasteiger partial charge in [0.05, 0.1) is 11.5 Å². The Morgan fingerprint density at radius 1 is 1.14 bits per heavy atom. The van der Waals surface area contributed by atoms with E-state index in [1.54, 1.807) is 6.07 Å². The maximum atomic E-state index is 12.9. The van der Waals surface area contributed by atoms with Crippen molar-refractivity contribution in [1.82, 2.24) is 14.8 Å². The number of aryl methyl sites for hydroxylation is 2. The molecule has 1 aliphatic carbocycles. The maximum absolute atomic E-state index is 12.9. The molecule has 186 valence electrons. The summed E-state index contributed by atoms with van der Waals surface area (Å²) in [6, 6.07) is 9.46. The zero-order valence-corrected chi connectivity index (χ0v) is 20.3. The average Bonchev–Trinajstić information content (AvgIpc) is 3.69. The number of pyridine rings is 1. The first-order chi connectivity index (χ1) is 16.8. The minimum atomic E-state index is -0.467. The Kier molecular flexibility index (Phi) is 7.60. The smallest absolute Gasteiger partial charge is 0.287 e. The first-order valence-corrected chi connectivity index (χ1v) is 12.0. The predicted octanol–water partition coefficient (Wildman–Crippen LogP) is 2.75. The van der Waals surface area contributed by atoms with Crippen molar-refractivity contribution < 1.29 is 14.5 Å². The van der Waals surface area contributed by atoms with Crippen molar-refractivity contribution in [2.75, 3.05) is 49.5 Å². The van der Waals surface area contributed by atoms with E-state index in [0.717, 1.165) is 29.7 Å². The van der Waals surface area contributed by atoms with E-state index in [1.807, 2.05) is 41.8 Å². The third kappa shape index (κ3) is 6.54. The molecule has 1 saturated carbocycles. The van der Waals surface area contributed by atoms with Crippen molar-refractivity contribution in [2.45, 2.75) is 39.2 Å². The number of carbonyl (C=O) groups excluding carboxylic acids is 2. The highest BCUT2D eigenvalue weighted by Gasteiger charge is 2.31. The molecule has 1 saturated heterocycles. The number of carbonyl (C=O) groups is 2. The van der Waals surface area contributed by atoms with Crippen molar-refractivity contribution in [3.05, 3.63) is 57.8 Å². The molecule has 35 heavy (non-hydrogen) atoms. The van der Waals surface area contributed by atoms with Gasteiger partial charge in [-0.25, -0.2) is 4.98 Å². The van der Waals surface area contributed by atoms with Crippen molar-refractivity contribution >= 4 is 29.0 Å². The quantitative estimate of drug-likeness (QED) is 0.434. The second-order valence-electron chi connectivity index (χ2n) is 9.32. The molecule has 1 aromatic heterocycles. The molecule has 0 bridgehead atoms. The van der Waals surface area contributed by atoms with Crippen LogP contribution in [0.15, 0.2) is 36.5 Å². The van der Waals surface area contributed by atoms with E-state index in [4.69, 9.17) is 0 Å². The second-order valence-corrected chi connectivity index (χ2v) is 9.32. The summed E-state index contributed by atoms with van der Waals surface area (Å²) in [5.41, 5.74) is 2.92. The summed E-state index contributed by atoms with van der Waals surface area (Å²) >= 11 is 0. The van der Waals surface area contributed by atoms with Crippen LogP contribution < -0.4 is 10.2 Å². The van der Waals surface area contributed by atoms with Crippen LogP contribution in [0.3, 0.4) is 0 Å². The molecular formula is C25H32N6O4. The van der Waals surface area contributed by atoms with Gasteiger partial charge in [0.25, 0.3) is 5.69 Å². The zero-order chi connectivity index (χ0) is 24.9. The molecule has 4 rings (SSSR count). The molecule has 0 unspecified atom stereocenters. The highest BCUT2D eigenvalue weighted by Crippen LogP contribution is 2.27. The van der Waals surface area contributed by atoms with E-state index in [2.05, 4.69) is 15.2 Å². The summed E-state index contributed by atoms with van der Waals surface area (Å²) in [6.07, 6.45) is 3.76. The summed E-state index contributed by atoms with van der Waals surface area (Å²) in [5, 5.41) is 13.8. The molecule has 2 aromatic rings. The lowest BCUT2D eigenvalue weighted by molar-refractivity contribution is -0.385. The second kappa shape index (κ2) is 10.8. The van der Waals surface area contributed by atoms with Gasteiger partial charge in [0, 0.05) is 56.9 Å². The molecule has 0 atom stereocenters. The van der Waals surface area contributed by atoms with E-state index in [1.165, 1.54) is 12.3 Å². The van der Waals surface area contributed by atoms with Gasteiger partial charge in [-0.3, -0.25) is 24.6 Å².